The van der Waals surface area contributed by atoms with Crippen LogP contribution in [0.1, 0.15) is 56.6 Å². The molecular formula is C32H44N2O5S. The van der Waals surface area contributed by atoms with Crippen LogP contribution in [0.5, 0.6) is 0 Å². The average Bonchev–Trinajstić information content (AvgIpc) is 3.52. The molecule has 4 rings (SSSR count). The molecule has 1 aromatic rings. The number of esters is 1. The lowest BCUT2D eigenvalue weighted by molar-refractivity contribution is -0.154. The van der Waals surface area contributed by atoms with Crippen molar-refractivity contribution >= 4 is 35.2 Å². The van der Waals surface area contributed by atoms with Crippen molar-refractivity contribution in [3.8, 4) is 0 Å². The highest BCUT2D eigenvalue weighted by atomic mass is 32.2. The van der Waals surface area contributed by atoms with Gasteiger partial charge in [0, 0.05) is 30.6 Å². The van der Waals surface area contributed by atoms with Crippen molar-refractivity contribution < 1.29 is 24.2 Å². The van der Waals surface area contributed by atoms with E-state index in [9.17, 15) is 19.5 Å². The maximum atomic E-state index is 14.8. The van der Waals surface area contributed by atoms with Gasteiger partial charge in [-0.25, -0.2) is 0 Å². The van der Waals surface area contributed by atoms with E-state index in [-0.39, 0.29) is 42.2 Å². The molecule has 0 radical (unpaired) electrons. The van der Waals surface area contributed by atoms with E-state index in [2.05, 4.69) is 20.1 Å². The zero-order chi connectivity index (χ0) is 29.0. The third-order valence-corrected chi connectivity index (χ3v) is 10.9. The highest BCUT2D eigenvalue weighted by Crippen LogP contribution is 2.68. The van der Waals surface area contributed by atoms with Gasteiger partial charge in [-0.3, -0.25) is 14.4 Å². The minimum absolute atomic E-state index is 0.0456. The lowest BCUT2D eigenvalue weighted by Gasteiger charge is -2.40. The fourth-order valence-corrected chi connectivity index (χ4v) is 9.39. The molecule has 3 aliphatic rings. The molecule has 0 saturated carbocycles. The third-order valence-electron chi connectivity index (χ3n) is 8.86. The molecule has 2 amide bonds. The van der Waals surface area contributed by atoms with Crippen LogP contribution in [0.25, 0.3) is 0 Å². The molecule has 8 heteroatoms. The number of aryl methyl sites for hydroxylation is 2. The average molecular weight is 569 g/mol. The second kappa shape index (κ2) is 12.9. The van der Waals surface area contributed by atoms with Crippen molar-refractivity contribution in [1.82, 2.24) is 4.90 Å². The van der Waals surface area contributed by atoms with Crippen molar-refractivity contribution in [2.24, 2.45) is 17.8 Å². The Labute approximate surface area is 243 Å². The first kappa shape index (κ1) is 30.4. The van der Waals surface area contributed by atoms with Gasteiger partial charge in [-0.15, -0.1) is 24.9 Å². The van der Waals surface area contributed by atoms with E-state index < -0.39 is 22.6 Å². The van der Waals surface area contributed by atoms with Crippen LogP contribution < -0.4 is 4.90 Å². The number of nitrogens with zero attached hydrogens (tertiary/aromatic N) is 2. The maximum Gasteiger partial charge on any atom is 0.310 e. The summed E-state index contributed by atoms with van der Waals surface area (Å²) in [5, 5.41) is 9.14. The van der Waals surface area contributed by atoms with Gasteiger partial charge in [-0.05, 0) is 62.6 Å². The maximum absolute atomic E-state index is 14.8. The summed E-state index contributed by atoms with van der Waals surface area (Å²) in [5.41, 5.74) is 2.86. The molecule has 3 fully saturated rings. The highest BCUT2D eigenvalue weighted by molar-refractivity contribution is 8.02. The van der Waals surface area contributed by atoms with Crippen molar-refractivity contribution in [3.63, 3.8) is 0 Å². The van der Waals surface area contributed by atoms with E-state index in [0.29, 0.717) is 19.5 Å². The molecule has 3 aliphatic heterocycles. The van der Waals surface area contributed by atoms with Gasteiger partial charge in [0.25, 0.3) is 5.91 Å². The van der Waals surface area contributed by atoms with Crippen molar-refractivity contribution in [3.05, 3.63) is 54.6 Å². The number of benzene rings is 1. The Morgan fingerprint density at radius 3 is 2.65 bits per heavy atom. The number of rotatable bonds is 14. The summed E-state index contributed by atoms with van der Waals surface area (Å²) >= 11 is 1.67. The number of carbonyl (C=O) groups is 3. The molecule has 0 aliphatic carbocycles. The largest absolute Gasteiger partial charge is 0.465 e. The Balaban J connectivity index is 1.74. The number of aliphatic hydroxyl groups excluding tert-OH is 1. The number of aliphatic hydroxyl groups is 1. The molecule has 2 bridgehead atoms. The standard InChI is InChI=1S/C32H44N2O5S/c1-6-8-18-39-31(38)26-25-20-23(5)32(40-25)27(26)29(36)34(16-11-9-10-12-17-35)28(32)30(37)33(15-7-2)24-19-21(3)13-14-22(24)4/h6-7,13-14,19,23,25-28,35H,1-2,8-12,15-18,20H2,3-5H3/t23?,25-,26+,27-,28?,32?/m0/s1. The van der Waals surface area contributed by atoms with Crippen LogP contribution in [0.4, 0.5) is 5.69 Å². The molecule has 3 saturated heterocycles. The molecule has 1 aromatic carbocycles. The van der Waals surface area contributed by atoms with Gasteiger partial charge in [0.15, 0.2) is 0 Å². The van der Waals surface area contributed by atoms with E-state index in [1.54, 1.807) is 33.7 Å². The molecule has 3 heterocycles. The Morgan fingerprint density at radius 2 is 1.95 bits per heavy atom. The lowest BCUT2D eigenvalue weighted by atomic mass is 9.66. The zero-order valence-corrected chi connectivity index (χ0v) is 25.0. The summed E-state index contributed by atoms with van der Waals surface area (Å²) in [6.45, 7) is 14.9. The molecule has 1 N–H and O–H groups in total. The van der Waals surface area contributed by atoms with Crippen LogP contribution in [-0.4, -0.2) is 70.1 Å². The van der Waals surface area contributed by atoms with Crippen LogP contribution in [-0.2, 0) is 19.1 Å². The van der Waals surface area contributed by atoms with E-state index in [1.807, 2.05) is 32.0 Å². The topological polar surface area (TPSA) is 87.2 Å². The van der Waals surface area contributed by atoms with Crippen LogP contribution in [0.3, 0.4) is 0 Å². The molecule has 218 valence electrons. The smallest absolute Gasteiger partial charge is 0.310 e. The second-order valence-electron chi connectivity index (χ2n) is 11.5. The normalized spacial score (nSPS) is 28.4. The van der Waals surface area contributed by atoms with E-state index in [1.165, 1.54) is 0 Å². The highest BCUT2D eigenvalue weighted by Gasteiger charge is 2.76. The first-order chi connectivity index (χ1) is 19.2. The van der Waals surface area contributed by atoms with E-state index >= 15 is 0 Å². The fourth-order valence-electron chi connectivity index (χ4n) is 6.99. The first-order valence-electron chi connectivity index (χ1n) is 14.6. The van der Waals surface area contributed by atoms with E-state index in [4.69, 9.17) is 4.74 Å². The van der Waals surface area contributed by atoms with Crippen molar-refractivity contribution in [1.29, 1.82) is 0 Å². The van der Waals surface area contributed by atoms with Gasteiger partial charge in [0.2, 0.25) is 5.91 Å². The Bertz CT molecular complexity index is 1140. The molecular weight excluding hydrogens is 524 g/mol. The summed E-state index contributed by atoms with van der Waals surface area (Å²) < 4.78 is 4.93. The molecule has 6 atom stereocenters. The van der Waals surface area contributed by atoms with Crippen LogP contribution in [0, 0.1) is 31.6 Å². The predicted molar refractivity (Wildman–Crippen MR) is 160 cm³/mol. The molecule has 40 heavy (non-hydrogen) atoms. The number of ether oxygens (including phenoxy) is 1. The summed E-state index contributed by atoms with van der Waals surface area (Å²) in [4.78, 5) is 46.0. The van der Waals surface area contributed by atoms with Gasteiger partial charge in [0.1, 0.15) is 6.04 Å². The van der Waals surface area contributed by atoms with Gasteiger partial charge in [-0.1, -0.05) is 44.1 Å². The number of carbonyl (C=O) groups excluding carboxylic acids is 3. The van der Waals surface area contributed by atoms with Crippen molar-refractivity contribution in [2.75, 3.05) is 31.2 Å². The zero-order valence-electron chi connectivity index (χ0n) is 24.1. The summed E-state index contributed by atoms with van der Waals surface area (Å²) in [6.07, 6.45) is 7.94. The van der Waals surface area contributed by atoms with Crippen LogP contribution >= 0.6 is 11.8 Å². The first-order valence-corrected chi connectivity index (χ1v) is 15.5. The number of hydrogen-bond acceptors (Lipinski definition) is 6. The summed E-state index contributed by atoms with van der Waals surface area (Å²) in [5.74, 6) is -1.60. The number of hydrogen-bond donors (Lipinski definition) is 1. The van der Waals surface area contributed by atoms with Crippen LogP contribution in [0.2, 0.25) is 0 Å². The quantitative estimate of drug-likeness (QED) is 0.197. The Kier molecular flexibility index (Phi) is 9.83. The van der Waals surface area contributed by atoms with Gasteiger partial charge < -0.3 is 19.6 Å². The van der Waals surface area contributed by atoms with Gasteiger partial charge in [0.05, 0.1) is 23.2 Å². The Hall–Kier alpha value is -2.58. The van der Waals surface area contributed by atoms with Crippen molar-refractivity contribution in [2.45, 2.75) is 75.3 Å². The Morgan fingerprint density at radius 1 is 1.20 bits per heavy atom. The van der Waals surface area contributed by atoms with E-state index in [0.717, 1.165) is 48.9 Å². The number of likely N-dealkylation sites (tertiary alicyclic amines) is 1. The number of fused-ring (bicyclic) bond motifs is 1. The minimum Gasteiger partial charge on any atom is -0.465 e. The number of unbranched alkanes of at least 4 members (excludes halogenated alkanes) is 3. The number of amides is 2. The minimum atomic E-state index is -0.691. The monoisotopic (exact) mass is 568 g/mol. The van der Waals surface area contributed by atoms with Gasteiger partial charge in [-0.2, -0.15) is 0 Å². The SMILES string of the molecule is C=CCCOC(=O)[C@@H]1[C@@H]2CC(C)C3(S2)C(C(=O)N(CC=C)c2cc(C)ccc2C)N(CCCCCCO)C(=O)[C@H]13. The molecule has 3 unspecified atom stereocenters. The lowest BCUT2D eigenvalue weighted by Crippen LogP contribution is -2.57. The fraction of sp³-hybridized carbons (Fsp3) is 0.594. The molecule has 1 spiro atoms. The third kappa shape index (κ3) is 5.37. The predicted octanol–water partition coefficient (Wildman–Crippen LogP) is 4.83. The number of thioether (sulfide) groups is 1. The summed E-state index contributed by atoms with van der Waals surface area (Å²) in [6, 6.07) is 5.38. The second-order valence-corrected chi connectivity index (χ2v) is 13.0. The summed E-state index contributed by atoms with van der Waals surface area (Å²) in [7, 11) is 0. The molecule has 0 aromatic heterocycles. The molecule has 7 nitrogen and oxygen atoms in total. The van der Waals surface area contributed by atoms with Gasteiger partial charge >= 0.3 is 5.97 Å². The van der Waals surface area contributed by atoms with Crippen LogP contribution in [0.15, 0.2) is 43.5 Å². The number of anilines is 1.